The van der Waals surface area contributed by atoms with Gasteiger partial charge in [-0.1, -0.05) is 0 Å². The number of hydrogen-bond donors (Lipinski definition) is 1. The molecule has 2 nitrogen and oxygen atoms in total. The zero-order chi connectivity index (χ0) is 16.4. The lowest BCUT2D eigenvalue weighted by Crippen LogP contribution is -2.34. The Bertz CT molecular complexity index is 739. The lowest BCUT2D eigenvalue weighted by atomic mass is 9.90. The average molecular weight is 356 g/mol. The molecule has 4 heteroatoms. The maximum atomic E-state index is 4.28. The first kappa shape index (κ1) is 16.1. The van der Waals surface area contributed by atoms with Crippen LogP contribution in [-0.2, 0) is 18.7 Å². The fourth-order valence-corrected chi connectivity index (χ4v) is 4.66. The zero-order valence-electron chi connectivity index (χ0n) is 13.8. The predicted molar refractivity (Wildman–Crippen MR) is 107 cm³/mol. The standard InChI is InChI=1S/C20H22N2S2/c23-24-15-22-10-2-1-7-19(22)9-8-16-13-17-5-3-11-21-12-4-6-18(14-16)20(17)21/h1-2,7-10,13-14H,3-6,11-12,15H2/p+1. The molecule has 124 valence electrons. The molecule has 0 radical (unpaired) electrons. The van der Waals surface area contributed by atoms with Gasteiger partial charge in [0.15, 0.2) is 6.20 Å². The monoisotopic (exact) mass is 355 g/mol. The summed E-state index contributed by atoms with van der Waals surface area (Å²) in [4.78, 5) is 2.60. The van der Waals surface area contributed by atoms with Gasteiger partial charge < -0.3 is 4.90 Å². The minimum Gasteiger partial charge on any atom is -0.371 e. The van der Waals surface area contributed by atoms with Crippen LogP contribution in [0.25, 0.3) is 12.2 Å². The van der Waals surface area contributed by atoms with Crippen molar-refractivity contribution in [2.24, 2.45) is 0 Å². The van der Waals surface area contributed by atoms with E-state index in [2.05, 4.69) is 69.8 Å². The molecule has 4 rings (SSSR count). The summed E-state index contributed by atoms with van der Waals surface area (Å²) in [5, 5.41) is 0. The number of thiol groups is 1. The van der Waals surface area contributed by atoms with Crippen molar-refractivity contribution in [2.45, 2.75) is 31.6 Å². The number of benzene rings is 1. The van der Waals surface area contributed by atoms with Gasteiger partial charge in [0.25, 0.3) is 0 Å². The third-order valence-electron chi connectivity index (χ3n) is 4.97. The van der Waals surface area contributed by atoms with E-state index < -0.39 is 0 Å². The van der Waals surface area contributed by atoms with E-state index in [1.54, 1.807) is 27.6 Å². The first-order valence-corrected chi connectivity index (χ1v) is 10.7. The molecule has 0 unspecified atom stereocenters. The summed E-state index contributed by atoms with van der Waals surface area (Å²) in [6.07, 6.45) is 11.6. The molecule has 3 heterocycles. The minimum atomic E-state index is 0.855. The van der Waals surface area contributed by atoms with E-state index in [9.17, 15) is 0 Å². The molecule has 0 amide bonds. The zero-order valence-corrected chi connectivity index (χ0v) is 15.5. The Morgan fingerprint density at radius 1 is 1.08 bits per heavy atom. The van der Waals surface area contributed by atoms with Gasteiger partial charge in [-0.2, -0.15) is 4.57 Å². The van der Waals surface area contributed by atoms with Crippen LogP contribution in [0.2, 0.25) is 0 Å². The molecule has 2 aliphatic rings. The van der Waals surface area contributed by atoms with E-state index in [-0.39, 0.29) is 0 Å². The van der Waals surface area contributed by atoms with E-state index >= 15 is 0 Å². The van der Waals surface area contributed by atoms with Crippen molar-refractivity contribution in [2.75, 3.05) is 18.0 Å². The van der Waals surface area contributed by atoms with Crippen LogP contribution >= 0.6 is 22.5 Å². The molecule has 0 saturated carbocycles. The Hall–Kier alpha value is -1.39. The van der Waals surface area contributed by atoms with Crippen molar-refractivity contribution >= 4 is 40.3 Å². The van der Waals surface area contributed by atoms with Gasteiger partial charge in [-0.15, -0.1) is 11.7 Å². The molecule has 0 aliphatic carbocycles. The SMILES string of the molecule is SSC[n+]1ccccc1/C=C/c1cc2c3c(c1)CCCN3CCC2. The molecule has 0 spiro atoms. The van der Waals surface area contributed by atoms with Gasteiger partial charge in [0.2, 0.25) is 11.6 Å². The van der Waals surface area contributed by atoms with Crippen LogP contribution in [-0.4, -0.2) is 13.1 Å². The van der Waals surface area contributed by atoms with Gasteiger partial charge in [-0.3, -0.25) is 0 Å². The third kappa shape index (κ3) is 3.22. The van der Waals surface area contributed by atoms with Crippen LogP contribution in [0.1, 0.15) is 35.2 Å². The number of aromatic nitrogens is 1. The van der Waals surface area contributed by atoms with Crippen molar-refractivity contribution in [1.82, 2.24) is 0 Å². The quantitative estimate of drug-likeness (QED) is 0.494. The first-order chi connectivity index (χ1) is 11.8. The average Bonchev–Trinajstić information content (AvgIpc) is 2.62. The largest absolute Gasteiger partial charge is 0.371 e. The lowest BCUT2D eigenvalue weighted by molar-refractivity contribution is -0.677. The molecule has 0 N–H and O–H groups in total. The first-order valence-electron chi connectivity index (χ1n) is 8.69. The van der Waals surface area contributed by atoms with E-state index in [0.717, 1.165) is 5.88 Å². The Balaban J connectivity index is 1.66. The molecule has 1 aromatic heterocycles. The highest BCUT2D eigenvalue weighted by atomic mass is 33.1. The number of pyridine rings is 1. The number of anilines is 1. The maximum Gasteiger partial charge on any atom is 0.205 e. The summed E-state index contributed by atoms with van der Waals surface area (Å²) in [7, 11) is 1.54. The number of aryl methyl sites for hydroxylation is 2. The van der Waals surface area contributed by atoms with E-state index in [1.165, 1.54) is 50.0 Å². The third-order valence-corrected chi connectivity index (χ3v) is 5.71. The van der Waals surface area contributed by atoms with Gasteiger partial charge >= 0.3 is 0 Å². The molecular formula is C20H23N2S2+. The highest BCUT2D eigenvalue weighted by molar-refractivity contribution is 8.68. The van der Waals surface area contributed by atoms with Gasteiger partial charge in [0.1, 0.15) is 0 Å². The molecule has 0 saturated heterocycles. The van der Waals surface area contributed by atoms with Gasteiger partial charge in [0, 0.05) is 37.0 Å². The van der Waals surface area contributed by atoms with Crippen LogP contribution in [0.5, 0.6) is 0 Å². The normalized spacial score (nSPS) is 16.5. The Labute approximate surface area is 153 Å². The van der Waals surface area contributed by atoms with Gasteiger partial charge in [0.05, 0.1) is 0 Å². The Morgan fingerprint density at radius 2 is 1.83 bits per heavy atom. The Kier molecular flexibility index (Phi) is 4.86. The lowest BCUT2D eigenvalue weighted by Gasteiger charge is -2.37. The van der Waals surface area contributed by atoms with Gasteiger partial charge in [-0.25, -0.2) is 0 Å². The van der Waals surface area contributed by atoms with Crippen LogP contribution in [0, 0.1) is 0 Å². The number of rotatable bonds is 4. The van der Waals surface area contributed by atoms with E-state index in [0.29, 0.717) is 0 Å². The summed E-state index contributed by atoms with van der Waals surface area (Å²) in [5.41, 5.74) is 7.19. The van der Waals surface area contributed by atoms with Crippen LogP contribution in [0.3, 0.4) is 0 Å². The topological polar surface area (TPSA) is 7.12 Å². The second-order valence-corrected chi connectivity index (χ2v) is 7.86. The van der Waals surface area contributed by atoms with Crippen LogP contribution in [0.4, 0.5) is 5.69 Å². The molecule has 2 aliphatic heterocycles. The summed E-state index contributed by atoms with van der Waals surface area (Å²) in [6.45, 7) is 2.47. The smallest absolute Gasteiger partial charge is 0.205 e. The number of nitrogens with zero attached hydrogens (tertiary/aromatic N) is 2. The predicted octanol–water partition coefficient (Wildman–Crippen LogP) is 4.38. The fraction of sp³-hybridized carbons (Fsp3) is 0.350. The highest BCUT2D eigenvalue weighted by Gasteiger charge is 2.23. The highest BCUT2D eigenvalue weighted by Crippen LogP contribution is 2.36. The molecule has 0 atom stereocenters. The van der Waals surface area contributed by atoms with Crippen LogP contribution in [0.15, 0.2) is 36.5 Å². The summed E-state index contributed by atoms with van der Waals surface area (Å²) in [5.74, 6) is 0.855. The van der Waals surface area contributed by atoms with Crippen molar-refractivity contribution < 1.29 is 4.57 Å². The summed E-state index contributed by atoms with van der Waals surface area (Å²) >= 11 is 4.28. The van der Waals surface area contributed by atoms with Crippen molar-refractivity contribution in [1.29, 1.82) is 0 Å². The second kappa shape index (κ2) is 7.24. The minimum absolute atomic E-state index is 0.855. The van der Waals surface area contributed by atoms with E-state index in [4.69, 9.17) is 0 Å². The van der Waals surface area contributed by atoms with Crippen molar-refractivity contribution in [3.8, 4) is 0 Å². The maximum absolute atomic E-state index is 4.28. The summed E-state index contributed by atoms with van der Waals surface area (Å²) < 4.78 is 2.22. The molecule has 2 aromatic rings. The molecule has 0 fully saturated rings. The fourth-order valence-electron chi connectivity index (χ4n) is 3.93. The van der Waals surface area contributed by atoms with E-state index in [1.807, 2.05) is 0 Å². The van der Waals surface area contributed by atoms with Crippen molar-refractivity contribution in [3.05, 3.63) is 58.9 Å². The van der Waals surface area contributed by atoms with Gasteiger partial charge in [-0.05, 0) is 77.4 Å². The number of hydrogen-bond acceptors (Lipinski definition) is 3. The molecular weight excluding hydrogens is 332 g/mol. The van der Waals surface area contributed by atoms with Crippen molar-refractivity contribution in [3.63, 3.8) is 0 Å². The second-order valence-electron chi connectivity index (χ2n) is 6.57. The molecule has 24 heavy (non-hydrogen) atoms. The van der Waals surface area contributed by atoms with Crippen LogP contribution < -0.4 is 9.47 Å². The molecule has 0 bridgehead atoms. The Morgan fingerprint density at radius 3 is 2.54 bits per heavy atom. The summed E-state index contributed by atoms with van der Waals surface area (Å²) in [6, 6.07) is 11.1. The molecule has 1 aromatic carbocycles.